The monoisotopic (exact) mass is 243 g/mol. The molecule has 0 aromatic carbocycles. The maximum Gasteiger partial charge on any atom is 0.166 e. The molecule has 2 atom stereocenters. The predicted octanol–water partition coefficient (Wildman–Crippen LogP) is 1.73. The van der Waals surface area contributed by atoms with E-state index in [0.29, 0.717) is 12.1 Å². The van der Waals surface area contributed by atoms with Gasteiger partial charge in [0.2, 0.25) is 0 Å². The lowest BCUT2D eigenvalue weighted by Crippen LogP contribution is -2.45. The van der Waals surface area contributed by atoms with Crippen molar-refractivity contribution < 1.29 is 0 Å². The van der Waals surface area contributed by atoms with Crippen LogP contribution in [0, 0.1) is 0 Å². The van der Waals surface area contributed by atoms with Crippen molar-refractivity contribution >= 4 is 17.3 Å². The van der Waals surface area contributed by atoms with Crippen molar-refractivity contribution in [3.63, 3.8) is 0 Å². The van der Waals surface area contributed by atoms with Crippen LogP contribution in [0.5, 0.6) is 0 Å². The number of rotatable bonds is 5. The van der Waals surface area contributed by atoms with Gasteiger partial charge in [0.15, 0.2) is 5.11 Å². The number of thiocarbonyl (C=S) groups is 1. The van der Waals surface area contributed by atoms with Crippen molar-refractivity contribution in [3.8, 4) is 0 Å². The highest BCUT2D eigenvalue weighted by Crippen LogP contribution is 2.15. The number of likely N-dealkylation sites (tertiary alicyclic amines) is 1. The van der Waals surface area contributed by atoms with E-state index >= 15 is 0 Å². The highest BCUT2D eigenvalue weighted by atomic mass is 32.1. The average molecular weight is 243 g/mol. The van der Waals surface area contributed by atoms with Crippen molar-refractivity contribution in [1.29, 1.82) is 0 Å². The summed E-state index contributed by atoms with van der Waals surface area (Å²) < 4.78 is 0. The number of likely N-dealkylation sites (N-methyl/N-ethyl adjacent to an activating group) is 1. The third-order valence-electron chi connectivity index (χ3n) is 3.39. The SMILES string of the molecule is CC[C@H](C)NC(=S)NC[C@H]1CCCN1CC. The number of hydrogen-bond donors (Lipinski definition) is 2. The van der Waals surface area contributed by atoms with Gasteiger partial charge in [0.05, 0.1) is 0 Å². The van der Waals surface area contributed by atoms with E-state index in [4.69, 9.17) is 12.2 Å². The average Bonchev–Trinajstić information content (AvgIpc) is 2.73. The Bertz CT molecular complexity index is 220. The van der Waals surface area contributed by atoms with Crippen LogP contribution in [0.25, 0.3) is 0 Å². The van der Waals surface area contributed by atoms with Gasteiger partial charge in [-0.25, -0.2) is 0 Å². The first-order chi connectivity index (χ1) is 7.67. The van der Waals surface area contributed by atoms with Crippen molar-refractivity contribution in [1.82, 2.24) is 15.5 Å². The molecule has 0 bridgehead atoms. The lowest BCUT2D eigenvalue weighted by Gasteiger charge is -2.24. The molecule has 2 N–H and O–H groups in total. The second-order valence-corrected chi connectivity index (χ2v) is 5.00. The number of nitrogens with zero attached hydrogens (tertiary/aromatic N) is 1. The fourth-order valence-corrected chi connectivity index (χ4v) is 2.41. The first kappa shape index (κ1) is 13.7. The summed E-state index contributed by atoms with van der Waals surface area (Å²) in [4.78, 5) is 2.53. The molecule has 1 saturated heterocycles. The minimum atomic E-state index is 0.464. The quantitative estimate of drug-likeness (QED) is 0.719. The topological polar surface area (TPSA) is 27.3 Å². The van der Waals surface area contributed by atoms with E-state index in [1.54, 1.807) is 0 Å². The maximum absolute atomic E-state index is 5.27. The van der Waals surface area contributed by atoms with Crippen LogP contribution in [0.15, 0.2) is 0 Å². The Balaban J connectivity index is 2.20. The molecule has 1 rings (SSSR count). The van der Waals surface area contributed by atoms with Gasteiger partial charge in [0.1, 0.15) is 0 Å². The molecule has 1 aliphatic heterocycles. The Morgan fingerprint density at radius 2 is 2.25 bits per heavy atom. The Kier molecular flexibility index (Phi) is 6.06. The Hall–Kier alpha value is -0.350. The molecule has 1 fully saturated rings. The smallest absolute Gasteiger partial charge is 0.166 e. The highest BCUT2D eigenvalue weighted by Gasteiger charge is 2.22. The van der Waals surface area contributed by atoms with Crippen molar-refractivity contribution in [2.45, 2.75) is 52.1 Å². The molecule has 0 radical (unpaired) electrons. The van der Waals surface area contributed by atoms with Crippen LogP contribution in [-0.2, 0) is 0 Å². The number of nitrogens with one attached hydrogen (secondary N) is 2. The van der Waals surface area contributed by atoms with E-state index < -0.39 is 0 Å². The number of hydrogen-bond acceptors (Lipinski definition) is 2. The van der Waals surface area contributed by atoms with Gasteiger partial charge < -0.3 is 10.6 Å². The molecule has 1 aliphatic rings. The third kappa shape index (κ3) is 4.26. The molecular weight excluding hydrogens is 218 g/mol. The molecule has 94 valence electrons. The third-order valence-corrected chi connectivity index (χ3v) is 3.66. The van der Waals surface area contributed by atoms with Gasteiger partial charge in [-0.2, -0.15) is 0 Å². The normalized spacial score (nSPS) is 23.1. The fraction of sp³-hybridized carbons (Fsp3) is 0.917. The molecule has 0 amide bonds. The molecule has 0 aromatic rings. The molecule has 0 aliphatic carbocycles. The zero-order valence-corrected chi connectivity index (χ0v) is 11.6. The van der Waals surface area contributed by atoms with Gasteiger partial charge in [0.25, 0.3) is 0 Å². The van der Waals surface area contributed by atoms with Crippen molar-refractivity contribution in [3.05, 3.63) is 0 Å². The molecule has 0 saturated carbocycles. The summed E-state index contributed by atoms with van der Waals surface area (Å²) >= 11 is 5.27. The van der Waals surface area contributed by atoms with Crippen molar-refractivity contribution in [2.24, 2.45) is 0 Å². The lowest BCUT2D eigenvalue weighted by atomic mass is 10.2. The molecule has 3 nitrogen and oxygen atoms in total. The van der Waals surface area contributed by atoms with Crippen molar-refractivity contribution in [2.75, 3.05) is 19.6 Å². The second kappa shape index (κ2) is 7.07. The zero-order chi connectivity index (χ0) is 12.0. The zero-order valence-electron chi connectivity index (χ0n) is 10.8. The van der Waals surface area contributed by atoms with E-state index in [1.807, 2.05) is 0 Å². The summed E-state index contributed by atoms with van der Waals surface area (Å²) in [5.41, 5.74) is 0. The molecule has 0 spiro atoms. The molecule has 1 heterocycles. The van der Waals surface area contributed by atoms with Gasteiger partial charge in [-0.3, -0.25) is 4.90 Å². The summed E-state index contributed by atoms with van der Waals surface area (Å²) in [5, 5.41) is 7.42. The Morgan fingerprint density at radius 3 is 2.88 bits per heavy atom. The van der Waals surface area contributed by atoms with E-state index in [-0.39, 0.29) is 0 Å². The molecule has 16 heavy (non-hydrogen) atoms. The summed E-state index contributed by atoms with van der Waals surface area (Å²) in [6, 6.07) is 1.13. The standard InChI is InChI=1S/C12H25N3S/c1-4-10(3)14-12(16)13-9-11-7-6-8-15(11)5-2/h10-11H,4-9H2,1-3H3,(H2,13,14,16)/t10-,11+/m0/s1. The Morgan fingerprint density at radius 1 is 1.50 bits per heavy atom. The fourth-order valence-electron chi connectivity index (χ4n) is 2.13. The van der Waals surface area contributed by atoms with E-state index in [2.05, 4.69) is 36.3 Å². The first-order valence-electron chi connectivity index (χ1n) is 6.45. The maximum atomic E-state index is 5.27. The van der Waals surface area contributed by atoms with Crippen LogP contribution in [0.4, 0.5) is 0 Å². The summed E-state index contributed by atoms with van der Waals surface area (Å²) in [6.45, 7) is 9.93. The lowest BCUT2D eigenvalue weighted by molar-refractivity contribution is 0.267. The summed E-state index contributed by atoms with van der Waals surface area (Å²) in [6.07, 6.45) is 3.73. The first-order valence-corrected chi connectivity index (χ1v) is 6.86. The minimum Gasteiger partial charge on any atom is -0.361 e. The van der Waals surface area contributed by atoms with Crippen LogP contribution in [0.3, 0.4) is 0 Å². The van der Waals surface area contributed by atoms with E-state index in [0.717, 1.165) is 24.6 Å². The van der Waals surface area contributed by atoms with E-state index in [9.17, 15) is 0 Å². The van der Waals surface area contributed by atoms with Crippen LogP contribution < -0.4 is 10.6 Å². The second-order valence-electron chi connectivity index (χ2n) is 4.59. The van der Waals surface area contributed by atoms with Gasteiger partial charge in [-0.1, -0.05) is 13.8 Å². The largest absolute Gasteiger partial charge is 0.361 e. The van der Waals surface area contributed by atoms with Crippen LogP contribution >= 0.6 is 12.2 Å². The summed E-state index contributed by atoms with van der Waals surface area (Å²) in [5.74, 6) is 0. The molecule has 4 heteroatoms. The van der Waals surface area contributed by atoms with Gasteiger partial charge in [0, 0.05) is 18.6 Å². The van der Waals surface area contributed by atoms with Gasteiger partial charge >= 0.3 is 0 Å². The van der Waals surface area contributed by atoms with Gasteiger partial charge in [-0.05, 0) is 51.5 Å². The Labute approximate surface area is 105 Å². The summed E-state index contributed by atoms with van der Waals surface area (Å²) in [7, 11) is 0. The molecule has 0 aromatic heterocycles. The van der Waals surface area contributed by atoms with Crippen LogP contribution in [0.1, 0.15) is 40.0 Å². The van der Waals surface area contributed by atoms with Crippen LogP contribution in [0.2, 0.25) is 0 Å². The molecular formula is C12H25N3S. The van der Waals surface area contributed by atoms with Gasteiger partial charge in [-0.15, -0.1) is 0 Å². The van der Waals surface area contributed by atoms with E-state index in [1.165, 1.54) is 19.4 Å². The highest BCUT2D eigenvalue weighted by molar-refractivity contribution is 7.80. The molecule has 0 unspecified atom stereocenters. The predicted molar refractivity (Wildman–Crippen MR) is 73.8 cm³/mol. The minimum absolute atomic E-state index is 0.464. The van der Waals surface area contributed by atoms with Crippen LogP contribution in [-0.4, -0.2) is 41.7 Å².